The molecular weight excluding hydrogens is 324 g/mol. The zero-order chi connectivity index (χ0) is 14.8. The van der Waals surface area contributed by atoms with E-state index >= 15 is 0 Å². The van der Waals surface area contributed by atoms with E-state index < -0.39 is 0 Å². The molecule has 3 rings (SSSR count). The lowest BCUT2D eigenvalue weighted by atomic mass is 10.1. The maximum Gasteiger partial charge on any atom is 0.0436 e. The highest BCUT2D eigenvalue weighted by Crippen LogP contribution is 2.35. The predicted molar refractivity (Wildman–Crippen MR) is 92.6 cm³/mol. The van der Waals surface area contributed by atoms with Crippen LogP contribution in [0.2, 0.25) is 0 Å². The van der Waals surface area contributed by atoms with Gasteiger partial charge >= 0.3 is 0 Å². The maximum absolute atomic E-state index is 3.62. The Balaban J connectivity index is 1.94. The standard InChI is InChI=1S/C18H21BrN2/c1-3-20-13(2)17-9-8-16(19)10-18(17)21-11-14-6-4-5-7-15(14)12-21/h4-10,13,20H,3,11-12H2,1-2H3. The van der Waals surface area contributed by atoms with Gasteiger partial charge in [0.25, 0.3) is 0 Å². The van der Waals surface area contributed by atoms with Crippen LogP contribution in [0.4, 0.5) is 5.69 Å². The van der Waals surface area contributed by atoms with Crippen molar-refractivity contribution in [3.8, 4) is 0 Å². The average molecular weight is 345 g/mol. The van der Waals surface area contributed by atoms with Gasteiger partial charge in [-0.2, -0.15) is 0 Å². The van der Waals surface area contributed by atoms with Crippen LogP contribution in [-0.4, -0.2) is 6.54 Å². The Morgan fingerprint density at radius 1 is 1.14 bits per heavy atom. The van der Waals surface area contributed by atoms with Gasteiger partial charge in [-0.1, -0.05) is 53.2 Å². The van der Waals surface area contributed by atoms with Gasteiger partial charge in [-0.05, 0) is 42.3 Å². The number of fused-ring (bicyclic) bond motifs is 1. The van der Waals surface area contributed by atoms with Crippen LogP contribution in [-0.2, 0) is 13.1 Å². The van der Waals surface area contributed by atoms with E-state index in [0.29, 0.717) is 6.04 Å². The number of anilines is 1. The zero-order valence-corrected chi connectivity index (χ0v) is 14.2. The number of benzene rings is 2. The molecule has 0 amide bonds. The molecule has 0 aliphatic carbocycles. The van der Waals surface area contributed by atoms with Gasteiger partial charge in [0.15, 0.2) is 0 Å². The van der Waals surface area contributed by atoms with Gasteiger partial charge in [0.2, 0.25) is 0 Å². The van der Waals surface area contributed by atoms with Gasteiger partial charge < -0.3 is 10.2 Å². The Bertz CT molecular complexity index is 614. The first kappa shape index (κ1) is 14.6. The second-order valence-corrected chi connectivity index (χ2v) is 6.52. The Morgan fingerprint density at radius 3 is 2.43 bits per heavy atom. The predicted octanol–water partition coefficient (Wildman–Crippen LogP) is 4.64. The first-order valence-corrected chi connectivity index (χ1v) is 8.33. The highest BCUT2D eigenvalue weighted by molar-refractivity contribution is 9.10. The minimum atomic E-state index is 0.363. The summed E-state index contributed by atoms with van der Waals surface area (Å²) in [5.74, 6) is 0. The molecule has 0 saturated heterocycles. The monoisotopic (exact) mass is 344 g/mol. The summed E-state index contributed by atoms with van der Waals surface area (Å²) in [6.45, 7) is 7.37. The van der Waals surface area contributed by atoms with Crippen molar-refractivity contribution in [2.45, 2.75) is 33.0 Å². The van der Waals surface area contributed by atoms with Gasteiger partial charge in [-0.3, -0.25) is 0 Å². The molecule has 1 heterocycles. The van der Waals surface area contributed by atoms with Crippen molar-refractivity contribution in [2.75, 3.05) is 11.4 Å². The van der Waals surface area contributed by atoms with E-state index in [4.69, 9.17) is 0 Å². The van der Waals surface area contributed by atoms with Crippen molar-refractivity contribution in [1.29, 1.82) is 0 Å². The molecule has 1 aliphatic heterocycles. The fraction of sp³-hybridized carbons (Fsp3) is 0.333. The normalized spacial score (nSPS) is 15.1. The lowest BCUT2D eigenvalue weighted by Crippen LogP contribution is -2.22. The number of rotatable bonds is 4. The van der Waals surface area contributed by atoms with Crippen LogP contribution in [0.3, 0.4) is 0 Å². The van der Waals surface area contributed by atoms with E-state index in [0.717, 1.165) is 24.1 Å². The molecule has 2 aromatic carbocycles. The van der Waals surface area contributed by atoms with Crippen LogP contribution in [0.5, 0.6) is 0 Å². The Kier molecular flexibility index (Phi) is 4.32. The molecule has 1 unspecified atom stereocenters. The first-order chi connectivity index (χ1) is 10.2. The van der Waals surface area contributed by atoms with Crippen molar-refractivity contribution < 1.29 is 0 Å². The van der Waals surface area contributed by atoms with Crippen LogP contribution >= 0.6 is 15.9 Å². The molecule has 0 spiro atoms. The molecule has 0 bridgehead atoms. The molecule has 2 aromatic rings. The smallest absolute Gasteiger partial charge is 0.0436 e. The molecular formula is C18H21BrN2. The van der Waals surface area contributed by atoms with Crippen molar-refractivity contribution in [3.05, 3.63) is 63.6 Å². The summed E-state index contributed by atoms with van der Waals surface area (Å²) in [7, 11) is 0. The van der Waals surface area contributed by atoms with Crippen LogP contribution in [0, 0.1) is 0 Å². The molecule has 0 aromatic heterocycles. The molecule has 1 atom stereocenters. The topological polar surface area (TPSA) is 15.3 Å². The Morgan fingerprint density at radius 2 is 1.81 bits per heavy atom. The molecule has 1 aliphatic rings. The van der Waals surface area contributed by atoms with Gasteiger partial charge in [-0.15, -0.1) is 0 Å². The molecule has 2 nitrogen and oxygen atoms in total. The summed E-state index contributed by atoms with van der Waals surface area (Å²) in [6.07, 6.45) is 0. The van der Waals surface area contributed by atoms with E-state index in [2.05, 4.69) is 82.5 Å². The van der Waals surface area contributed by atoms with Gasteiger partial charge in [0, 0.05) is 29.3 Å². The molecule has 0 radical (unpaired) electrons. The average Bonchev–Trinajstić information content (AvgIpc) is 2.91. The van der Waals surface area contributed by atoms with E-state index in [1.165, 1.54) is 22.4 Å². The molecule has 21 heavy (non-hydrogen) atoms. The second kappa shape index (κ2) is 6.20. The lowest BCUT2D eigenvalue weighted by Gasteiger charge is -2.25. The minimum absolute atomic E-state index is 0.363. The van der Waals surface area contributed by atoms with E-state index in [9.17, 15) is 0 Å². The van der Waals surface area contributed by atoms with Gasteiger partial charge in [-0.25, -0.2) is 0 Å². The molecule has 110 valence electrons. The number of hydrogen-bond donors (Lipinski definition) is 1. The van der Waals surface area contributed by atoms with Crippen molar-refractivity contribution in [3.63, 3.8) is 0 Å². The largest absolute Gasteiger partial charge is 0.363 e. The molecule has 0 fully saturated rings. The van der Waals surface area contributed by atoms with Crippen LogP contribution in [0.1, 0.15) is 36.6 Å². The number of nitrogens with one attached hydrogen (secondary N) is 1. The highest BCUT2D eigenvalue weighted by atomic mass is 79.9. The quantitative estimate of drug-likeness (QED) is 0.868. The fourth-order valence-corrected chi connectivity index (χ4v) is 3.43. The second-order valence-electron chi connectivity index (χ2n) is 5.61. The summed E-state index contributed by atoms with van der Waals surface area (Å²) >= 11 is 3.62. The third-order valence-electron chi connectivity index (χ3n) is 4.15. The van der Waals surface area contributed by atoms with Gasteiger partial charge in [0.1, 0.15) is 0 Å². The maximum atomic E-state index is 3.62. The summed E-state index contributed by atoms with van der Waals surface area (Å²) in [5, 5.41) is 3.52. The molecule has 1 N–H and O–H groups in total. The highest BCUT2D eigenvalue weighted by Gasteiger charge is 2.22. The SMILES string of the molecule is CCNC(C)c1ccc(Br)cc1N1Cc2ccccc2C1. The zero-order valence-electron chi connectivity index (χ0n) is 12.6. The summed E-state index contributed by atoms with van der Waals surface area (Å²) in [6, 6.07) is 15.7. The van der Waals surface area contributed by atoms with Gasteiger partial charge in [0.05, 0.1) is 0 Å². The van der Waals surface area contributed by atoms with Crippen LogP contribution in [0.15, 0.2) is 46.9 Å². The Hall–Kier alpha value is -1.32. The summed E-state index contributed by atoms with van der Waals surface area (Å²) < 4.78 is 1.14. The van der Waals surface area contributed by atoms with Crippen LogP contribution in [0.25, 0.3) is 0 Å². The number of nitrogens with zero attached hydrogens (tertiary/aromatic N) is 1. The minimum Gasteiger partial charge on any atom is -0.363 e. The third kappa shape index (κ3) is 2.99. The van der Waals surface area contributed by atoms with Crippen molar-refractivity contribution >= 4 is 21.6 Å². The van der Waals surface area contributed by atoms with Crippen molar-refractivity contribution in [2.24, 2.45) is 0 Å². The fourth-order valence-electron chi connectivity index (χ4n) is 3.08. The third-order valence-corrected chi connectivity index (χ3v) is 4.64. The van der Waals surface area contributed by atoms with Crippen molar-refractivity contribution in [1.82, 2.24) is 5.32 Å². The Labute approximate surface area is 135 Å². The first-order valence-electron chi connectivity index (χ1n) is 7.53. The number of halogens is 1. The van der Waals surface area contributed by atoms with Crippen LogP contribution < -0.4 is 10.2 Å². The van der Waals surface area contributed by atoms with E-state index in [-0.39, 0.29) is 0 Å². The van der Waals surface area contributed by atoms with E-state index in [1.807, 2.05) is 0 Å². The number of hydrogen-bond acceptors (Lipinski definition) is 2. The molecule has 3 heteroatoms. The van der Waals surface area contributed by atoms with E-state index in [1.54, 1.807) is 0 Å². The summed E-state index contributed by atoms with van der Waals surface area (Å²) in [4.78, 5) is 2.47. The molecule has 0 saturated carbocycles. The summed E-state index contributed by atoms with van der Waals surface area (Å²) in [5.41, 5.74) is 5.58. The lowest BCUT2D eigenvalue weighted by molar-refractivity contribution is 0.596.